The smallest absolute Gasteiger partial charge is 0.261 e. The minimum atomic E-state index is 0.0526. The van der Waals surface area contributed by atoms with E-state index in [-0.39, 0.29) is 11.4 Å². The first-order valence-corrected chi connectivity index (χ1v) is 7.87. The molecule has 1 aliphatic carbocycles. The summed E-state index contributed by atoms with van der Waals surface area (Å²) in [4.78, 5) is 17.2. The lowest BCUT2D eigenvalue weighted by Gasteiger charge is -2.23. The van der Waals surface area contributed by atoms with Gasteiger partial charge in [-0.1, -0.05) is 31.4 Å². The molecule has 1 fully saturated rings. The normalized spacial score (nSPS) is 16.6. The van der Waals surface area contributed by atoms with Crippen LogP contribution in [0, 0.1) is 5.92 Å². The Hall–Kier alpha value is -1.35. The molecule has 1 aliphatic rings. The van der Waals surface area contributed by atoms with Gasteiger partial charge in [0.15, 0.2) is 0 Å². The lowest BCUT2D eigenvalue weighted by molar-refractivity contribution is 0.313. The van der Waals surface area contributed by atoms with Crippen LogP contribution in [0.25, 0.3) is 10.9 Å². The van der Waals surface area contributed by atoms with Crippen LogP contribution in [0.4, 0.5) is 0 Å². The third-order valence-corrected chi connectivity index (χ3v) is 4.46. The minimum absolute atomic E-state index is 0.0526. The molecule has 0 atom stereocenters. The molecule has 4 heteroatoms. The molecule has 1 heterocycles. The summed E-state index contributed by atoms with van der Waals surface area (Å²) >= 11 is 6.00. The van der Waals surface area contributed by atoms with Gasteiger partial charge in [-0.3, -0.25) is 9.36 Å². The molecule has 1 aromatic heterocycles. The summed E-state index contributed by atoms with van der Waals surface area (Å²) in [5, 5.41) is 0.692. The molecule has 0 N–H and O–H groups in total. The highest BCUT2D eigenvalue weighted by Crippen LogP contribution is 2.25. The highest BCUT2D eigenvalue weighted by Gasteiger charge is 2.17. The van der Waals surface area contributed by atoms with Crippen LogP contribution in [0.1, 0.15) is 37.9 Å². The maximum Gasteiger partial charge on any atom is 0.261 e. The van der Waals surface area contributed by atoms with E-state index < -0.39 is 0 Å². The molecule has 3 rings (SSSR count). The summed E-state index contributed by atoms with van der Waals surface area (Å²) < 4.78 is 1.80. The Kier molecular flexibility index (Phi) is 4.06. The zero-order valence-corrected chi connectivity index (χ0v) is 12.3. The molecule has 0 unspecified atom stereocenters. The summed E-state index contributed by atoms with van der Waals surface area (Å²) in [6.07, 6.45) is 6.29. The molecule has 1 saturated carbocycles. The van der Waals surface area contributed by atoms with Gasteiger partial charge in [-0.15, -0.1) is 11.6 Å². The average molecular weight is 291 g/mol. The number of fused-ring (bicyclic) bond motifs is 1. The summed E-state index contributed by atoms with van der Waals surface area (Å²) in [5.41, 5.74) is 0.796. The Balaban J connectivity index is 2.03. The number of halogens is 1. The van der Waals surface area contributed by atoms with Crippen molar-refractivity contribution in [3.05, 3.63) is 40.4 Å². The van der Waals surface area contributed by atoms with Crippen molar-refractivity contribution < 1.29 is 0 Å². The second kappa shape index (κ2) is 5.96. The van der Waals surface area contributed by atoms with Crippen molar-refractivity contribution in [2.45, 2.75) is 44.5 Å². The Bertz CT molecular complexity index is 659. The fraction of sp³-hybridized carbons (Fsp3) is 0.500. The number of para-hydroxylation sites is 1. The molecule has 0 radical (unpaired) electrons. The van der Waals surface area contributed by atoms with Gasteiger partial charge in [-0.2, -0.15) is 0 Å². The van der Waals surface area contributed by atoms with Crippen LogP contribution in [-0.2, 0) is 12.4 Å². The van der Waals surface area contributed by atoms with Crippen LogP contribution >= 0.6 is 11.6 Å². The lowest BCUT2D eigenvalue weighted by Crippen LogP contribution is -2.28. The van der Waals surface area contributed by atoms with Crippen LogP contribution in [0.15, 0.2) is 29.1 Å². The first-order chi connectivity index (χ1) is 9.79. The molecule has 0 bridgehead atoms. The number of nitrogens with zero attached hydrogens (tertiary/aromatic N) is 2. The van der Waals surface area contributed by atoms with Gasteiger partial charge in [-0.25, -0.2) is 4.98 Å². The van der Waals surface area contributed by atoms with Crippen LogP contribution in [-0.4, -0.2) is 9.55 Å². The van der Waals surface area contributed by atoms with Crippen molar-refractivity contribution in [3.8, 4) is 0 Å². The summed E-state index contributed by atoms with van der Waals surface area (Å²) in [5.74, 6) is 1.57. The molecule has 0 saturated heterocycles. The van der Waals surface area contributed by atoms with Crippen molar-refractivity contribution in [1.29, 1.82) is 0 Å². The zero-order chi connectivity index (χ0) is 13.9. The number of benzene rings is 1. The van der Waals surface area contributed by atoms with E-state index in [1.165, 1.54) is 32.1 Å². The highest BCUT2D eigenvalue weighted by atomic mass is 35.5. The first-order valence-electron chi connectivity index (χ1n) is 7.34. The van der Waals surface area contributed by atoms with Gasteiger partial charge in [0.25, 0.3) is 5.56 Å². The van der Waals surface area contributed by atoms with Gasteiger partial charge in [0.2, 0.25) is 0 Å². The largest absolute Gasteiger partial charge is 0.295 e. The fourth-order valence-corrected chi connectivity index (χ4v) is 3.34. The Morgan fingerprint density at radius 3 is 2.70 bits per heavy atom. The second-order valence-corrected chi connectivity index (χ2v) is 5.87. The number of alkyl halides is 1. The standard InChI is InChI=1S/C16H19ClN2O/c17-10-15-18-14-9-5-4-8-13(14)16(20)19(15)11-12-6-2-1-3-7-12/h4-5,8-9,12H,1-3,6-7,10-11H2. The van der Waals surface area contributed by atoms with Gasteiger partial charge < -0.3 is 0 Å². The predicted octanol–water partition coefficient (Wildman–Crippen LogP) is 3.72. The van der Waals surface area contributed by atoms with Gasteiger partial charge in [-0.05, 0) is 30.9 Å². The topological polar surface area (TPSA) is 34.9 Å². The quantitative estimate of drug-likeness (QED) is 0.808. The van der Waals surface area contributed by atoms with Crippen molar-refractivity contribution >= 4 is 22.5 Å². The van der Waals surface area contributed by atoms with E-state index in [2.05, 4.69) is 4.98 Å². The lowest BCUT2D eigenvalue weighted by atomic mass is 9.89. The molecule has 2 aromatic rings. The predicted molar refractivity (Wildman–Crippen MR) is 82.1 cm³/mol. The zero-order valence-electron chi connectivity index (χ0n) is 11.5. The number of rotatable bonds is 3. The fourth-order valence-electron chi connectivity index (χ4n) is 3.13. The number of hydrogen-bond donors (Lipinski definition) is 0. The number of aromatic nitrogens is 2. The monoisotopic (exact) mass is 290 g/mol. The average Bonchev–Trinajstić information content (AvgIpc) is 2.51. The van der Waals surface area contributed by atoms with Crippen molar-refractivity contribution in [2.75, 3.05) is 0 Å². The SMILES string of the molecule is O=c1c2ccccc2nc(CCl)n1CC1CCCCC1. The van der Waals surface area contributed by atoms with Crippen LogP contribution in [0.5, 0.6) is 0 Å². The summed E-state index contributed by atoms with van der Waals surface area (Å²) in [6, 6.07) is 7.51. The van der Waals surface area contributed by atoms with Crippen molar-refractivity contribution in [3.63, 3.8) is 0 Å². The Morgan fingerprint density at radius 1 is 1.20 bits per heavy atom. The van der Waals surface area contributed by atoms with Gasteiger partial charge in [0.05, 0.1) is 16.8 Å². The van der Waals surface area contributed by atoms with Crippen molar-refractivity contribution in [1.82, 2.24) is 9.55 Å². The molecular formula is C16H19ClN2O. The molecule has 0 amide bonds. The molecule has 106 valence electrons. The number of hydrogen-bond acceptors (Lipinski definition) is 2. The highest BCUT2D eigenvalue weighted by molar-refractivity contribution is 6.16. The van der Waals surface area contributed by atoms with E-state index in [1.807, 2.05) is 24.3 Å². The third-order valence-electron chi connectivity index (χ3n) is 4.23. The Labute approximate surface area is 123 Å². The molecule has 3 nitrogen and oxygen atoms in total. The summed E-state index contributed by atoms with van der Waals surface area (Å²) in [6.45, 7) is 0.763. The van der Waals surface area contributed by atoms with Crippen molar-refractivity contribution in [2.24, 2.45) is 5.92 Å². The van der Waals surface area contributed by atoms with E-state index in [0.29, 0.717) is 17.1 Å². The van der Waals surface area contributed by atoms with Crippen LogP contribution < -0.4 is 5.56 Å². The van der Waals surface area contributed by atoms with E-state index in [4.69, 9.17) is 11.6 Å². The second-order valence-electron chi connectivity index (χ2n) is 5.60. The van der Waals surface area contributed by atoms with Gasteiger partial charge >= 0.3 is 0 Å². The van der Waals surface area contributed by atoms with Gasteiger partial charge in [0, 0.05) is 6.54 Å². The first kappa shape index (κ1) is 13.6. The molecule has 0 aliphatic heterocycles. The molecule has 0 spiro atoms. The van der Waals surface area contributed by atoms with E-state index in [0.717, 1.165) is 12.1 Å². The summed E-state index contributed by atoms with van der Waals surface area (Å²) in [7, 11) is 0. The third kappa shape index (κ3) is 2.59. The van der Waals surface area contributed by atoms with E-state index >= 15 is 0 Å². The Morgan fingerprint density at radius 2 is 1.95 bits per heavy atom. The van der Waals surface area contributed by atoms with E-state index in [1.54, 1.807) is 4.57 Å². The molecule has 1 aromatic carbocycles. The van der Waals surface area contributed by atoms with Crippen LogP contribution in [0.3, 0.4) is 0 Å². The molecule has 20 heavy (non-hydrogen) atoms. The maximum atomic E-state index is 12.6. The van der Waals surface area contributed by atoms with Gasteiger partial charge in [0.1, 0.15) is 5.82 Å². The minimum Gasteiger partial charge on any atom is -0.295 e. The maximum absolute atomic E-state index is 12.6. The van der Waals surface area contributed by atoms with Crippen LogP contribution in [0.2, 0.25) is 0 Å². The molecular weight excluding hydrogens is 272 g/mol. The van der Waals surface area contributed by atoms with E-state index in [9.17, 15) is 4.79 Å².